The molecule has 3 nitrogen and oxygen atoms in total. The number of methoxy groups -OCH3 is 1. The van der Waals surface area contributed by atoms with Gasteiger partial charge in [0.05, 0.1) is 7.11 Å². The summed E-state index contributed by atoms with van der Waals surface area (Å²) in [4.78, 5) is 13.1. The van der Waals surface area contributed by atoms with Crippen molar-refractivity contribution in [2.75, 3.05) is 7.11 Å². The Balaban J connectivity index is 3.15. The van der Waals surface area contributed by atoms with Gasteiger partial charge in [0.2, 0.25) is 6.08 Å². The van der Waals surface area contributed by atoms with Gasteiger partial charge in [0.15, 0.2) is 6.04 Å². The molecule has 0 N–H and O–H groups in total. The molecule has 1 rings (SSSR count). The summed E-state index contributed by atoms with van der Waals surface area (Å²) in [6.45, 7) is 0. The summed E-state index contributed by atoms with van der Waals surface area (Å²) in [5.41, 5.74) is 0.179. The summed E-state index contributed by atoms with van der Waals surface area (Å²) in [6, 6.07) is 4.68. The first kappa shape index (κ1) is 11.3. The second kappa shape index (κ2) is 5.22. The van der Waals surface area contributed by atoms with Crippen molar-refractivity contribution in [2.45, 2.75) is 12.5 Å². The van der Waals surface area contributed by atoms with E-state index in [1.165, 1.54) is 19.2 Å². The van der Waals surface area contributed by atoms with E-state index in [4.69, 9.17) is 4.74 Å². The van der Waals surface area contributed by atoms with Crippen LogP contribution in [0.2, 0.25) is 0 Å². The highest BCUT2D eigenvalue weighted by Gasteiger charge is 2.24. The fraction of sp³-hybridized carbons (Fsp3) is 0.300. The van der Waals surface area contributed by atoms with Gasteiger partial charge in [-0.2, -0.15) is 4.99 Å². The van der Waals surface area contributed by atoms with Gasteiger partial charge in [0.1, 0.15) is 5.75 Å². The van der Waals surface area contributed by atoms with Crippen molar-refractivity contribution >= 4 is 6.08 Å². The first-order valence-electron chi connectivity index (χ1n) is 4.18. The summed E-state index contributed by atoms with van der Waals surface area (Å²) in [6.07, 6.45) is -1.62. The van der Waals surface area contributed by atoms with Crippen LogP contribution in [0.3, 0.4) is 0 Å². The smallest absolute Gasteiger partial charge is 0.265 e. The molecule has 15 heavy (non-hydrogen) atoms. The maximum absolute atomic E-state index is 12.6. The number of para-hydroxylation sites is 1. The minimum atomic E-state index is -2.76. The van der Waals surface area contributed by atoms with Crippen LogP contribution in [0.5, 0.6) is 5.75 Å². The van der Waals surface area contributed by atoms with Crippen LogP contribution in [-0.4, -0.2) is 19.6 Å². The third kappa shape index (κ3) is 2.60. The molecule has 1 aromatic rings. The molecule has 0 bridgehead atoms. The molecule has 0 aliphatic rings. The van der Waals surface area contributed by atoms with E-state index >= 15 is 0 Å². The third-order valence-electron chi connectivity index (χ3n) is 1.89. The predicted octanol–water partition coefficient (Wildman–Crippen LogP) is 2.34. The lowest BCUT2D eigenvalue weighted by Crippen LogP contribution is -2.07. The summed E-state index contributed by atoms with van der Waals surface area (Å²) >= 11 is 0. The Morgan fingerprint density at radius 3 is 2.60 bits per heavy atom. The van der Waals surface area contributed by atoms with Crippen LogP contribution >= 0.6 is 0 Å². The van der Waals surface area contributed by atoms with E-state index in [0.717, 1.165) is 6.08 Å². The Bertz CT molecular complexity index is 375. The number of isocyanates is 1. The molecule has 80 valence electrons. The summed E-state index contributed by atoms with van der Waals surface area (Å²) in [5, 5.41) is 0. The molecule has 0 saturated carbocycles. The molecular formula is C10H9F2NO2. The second-order valence-electron chi connectivity index (χ2n) is 2.74. The van der Waals surface area contributed by atoms with Crippen molar-refractivity contribution in [3.63, 3.8) is 0 Å². The number of carbonyl (C=O) groups excluding carboxylic acids is 1. The summed E-state index contributed by atoms with van der Waals surface area (Å²) in [5.74, 6) is 0.279. The van der Waals surface area contributed by atoms with Crippen molar-refractivity contribution in [2.24, 2.45) is 4.99 Å². The van der Waals surface area contributed by atoms with Gasteiger partial charge in [0.25, 0.3) is 6.43 Å². The first-order valence-corrected chi connectivity index (χ1v) is 4.18. The van der Waals surface area contributed by atoms with E-state index in [9.17, 15) is 13.6 Å². The second-order valence-corrected chi connectivity index (χ2v) is 2.74. The topological polar surface area (TPSA) is 38.7 Å². The van der Waals surface area contributed by atoms with Crippen molar-refractivity contribution < 1.29 is 18.3 Å². The van der Waals surface area contributed by atoms with Gasteiger partial charge < -0.3 is 4.74 Å². The number of alkyl halides is 2. The Kier molecular flexibility index (Phi) is 3.94. The number of halogens is 2. The highest BCUT2D eigenvalue weighted by molar-refractivity contribution is 5.40. The molecule has 1 atom stereocenters. The van der Waals surface area contributed by atoms with E-state index < -0.39 is 12.5 Å². The van der Waals surface area contributed by atoms with Crippen molar-refractivity contribution in [1.82, 2.24) is 0 Å². The highest BCUT2D eigenvalue weighted by Crippen LogP contribution is 2.31. The highest BCUT2D eigenvalue weighted by atomic mass is 19.3. The number of hydrogen-bond donors (Lipinski definition) is 0. The molecule has 1 aromatic carbocycles. The zero-order valence-corrected chi connectivity index (χ0v) is 7.98. The Morgan fingerprint density at radius 2 is 2.07 bits per heavy atom. The molecule has 0 saturated heterocycles. The maximum atomic E-state index is 12.6. The molecule has 0 radical (unpaired) electrons. The maximum Gasteiger partial charge on any atom is 0.265 e. The Hall–Kier alpha value is -1.74. The van der Waals surface area contributed by atoms with Crippen LogP contribution in [-0.2, 0) is 4.79 Å². The van der Waals surface area contributed by atoms with Crippen LogP contribution in [0.4, 0.5) is 8.78 Å². The van der Waals surface area contributed by atoms with Crippen LogP contribution < -0.4 is 4.74 Å². The fourth-order valence-electron chi connectivity index (χ4n) is 1.23. The van der Waals surface area contributed by atoms with Crippen LogP contribution in [0, 0.1) is 0 Å². The van der Waals surface area contributed by atoms with Crippen molar-refractivity contribution in [3.05, 3.63) is 29.8 Å². The number of nitrogens with zero attached hydrogens (tertiary/aromatic N) is 1. The van der Waals surface area contributed by atoms with Crippen molar-refractivity contribution in [3.8, 4) is 5.75 Å². The number of ether oxygens (including phenoxy) is 1. The third-order valence-corrected chi connectivity index (χ3v) is 1.89. The molecular weight excluding hydrogens is 204 g/mol. The number of benzene rings is 1. The van der Waals surface area contributed by atoms with Gasteiger partial charge in [-0.05, 0) is 6.07 Å². The van der Waals surface area contributed by atoms with E-state index in [1.54, 1.807) is 12.1 Å². The van der Waals surface area contributed by atoms with Gasteiger partial charge in [0, 0.05) is 5.56 Å². The predicted molar refractivity (Wildman–Crippen MR) is 49.9 cm³/mol. The van der Waals surface area contributed by atoms with E-state index in [2.05, 4.69) is 4.99 Å². The fourth-order valence-corrected chi connectivity index (χ4v) is 1.23. The van der Waals surface area contributed by atoms with Gasteiger partial charge in [-0.25, -0.2) is 13.6 Å². The molecule has 5 heteroatoms. The monoisotopic (exact) mass is 213 g/mol. The molecule has 0 heterocycles. The Labute approximate surface area is 85.4 Å². The average molecular weight is 213 g/mol. The lowest BCUT2D eigenvalue weighted by atomic mass is 10.1. The largest absolute Gasteiger partial charge is 0.496 e. The number of rotatable bonds is 4. The zero-order valence-electron chi connectivity index (χ0n) is 7.98. The normalized spacial score (nSPS) is 12.0. The van der Waals surface area contributed by atoms with Gasteiger partial charge in [-0.1, -0.05) is 18.2 Å². The minimum Gasteiger partial charge on any atom is -0.496 e. The molecule has 0 amide bonds. The lowest BCUT2D eigenvalue weighted by Gasteiger charge is -2.13. The minimum absolute atomic E-state index is 0.179. The van der Waals surface area contributed by atoms with Gasteiger partial charge in [-0.15, -0.1) is 0 Å². The van der Waals surface area contributed by atoms with Crippen molar-refractivity contribution in [1.29, 1.82) is 0 Å². The number of aliphatic imine (C=N–C) groups is 1. The summed E-state index contributed by atoms with van der Waals surface area (Å²) < 4.78 is 30.0. The van der Waals surface area contributed by atoms with E-state index in [1.807, 2.05) is 0 Å². The molecule has 0 aliphatic heterocycles. The summed E-state index contributed by atoms with van der Waals surface area (Å²) in [7, 11) is 1.37. The lowest BCUT2D eigenvalue weighted by molar-refractivity contribution is 0.116. The van der Waals surface area contributed by atoms with Crippen LogP contribution in [0.25, 0.3) is 0 Å². The van der Waals surface area contributed by atoms with E-state index in [-0.39, 0.29) is 11.3 Å². The zero-order chi connectivity index (χ0) is 11.3. The van der Waals surface area contributed by atoms with E-state index in [0.29, 0.717) is 0 Å². The molecule has 0 spiro atoms. The molecule has 0 fully saturated rings. The van der Waals surface area contributed by atoms with Crippen LogP contribution in [0.15, 0.2) is 29.3 Å². The number of hydrogen-bond acceptors (Lipinski definition) is 3. The van der Waals surface area contributed by atoms with Crippen LogP contribution in [0.1, 0.15) is 11.6 Å². The molecule has 0 aliphatic carbocycles. The SMILES string of the molecule is COc1ccccc1C(N=C=O)C(F)F. The molecule has 1 unspecified atom stereocenters. The quantitative estimate of drug-likeness (QED) is 0.568. The van der Waals surface area contributed by atoms with Gasteiger partial charge in [-0.3, -0.25) is 0 Å². The van der Waals surface area contributed by atoms with Gasteiger partial charge >= 0.3 is 0 Å². The first-order chi connectivity index (χ1) is 7.20. The standard InChI is InChI=1S/C10H9F2NO2/c1-15-8-5-3-2-4-7(8)9(10(11)12)13-6-14/h2-5,9-10H,1H3. The average Bonchev–Trinajstić information content (AvgIpc) is 2.25. The molecule has 0 aromatic heterocycles. The Morgan fingerprint density at radius 1 is 1.40 bits per heavy atom.